The van der Waals surface area contributed by atoms with Crippen LogP contribution in [-0.4, -0.2) is 38.2 Å². The Morgan fingerprint density at radius 1 is 1.09 bits per heavy atom. The van der Waals surface area contributed by atoms with Gasteiger partial charge in [0.15, 0.2) is 0 Å². The minimum absolute atomic E-state index is 0.0401. The van der Waals surface area contributed by atoms with Gasteiger partial charge in [0.1, 0.15) is 46.6 Å². The van der Waals surface area contributed by atoms with Crippen molar-refractivity contribution in [3.63, 3.8) is 0 Å². The number of carbonyl (C=O) groups is 1. The summed E-state index contributed by atoms with van der Waals surface area (Å²) in [7, 11) is 0. The third kappa shape index (κ3) is 5.90. The first-order chi connectivity index (χ1) is 20.4. The van der Waals surface area contributed by atoms with E-state index in [1.165, 1.54) is 29.2 Å². The van der Waals surface area contributed by atoms with E-state index in [2.05, 4.69) is 5.10 Å². The lowest BCUT2D eigenvalue weighted by molar-refractivity contribution is -0.137. The standard InChI is InChI=1S/C32H29F3N2O6/c1-32(2,40)16-37-14-18(13-36-37)30-24(34)10-20(11-25(30)35)43-26-8-6-23(33)31-22(26)5-7-27(31)42-19-3-4-21-17(9-29(38)39)15-41-28(21)12-19/h3-4,6,8,10-14,17,27,40H,5,7,9,15-16H2,1-2H3,(H,38,39)/t17?,27-/m1/s1. The third-order valence-electron chi connectivity index (χ3n) is 7.52. The van der Waals surface area contributed by atoms with Crippen LogP contribution in [0, 0.1) is 17.5 Å². The molecule has 0 saturated carbocycles. The van der Waals surface area contributed by atoms with Crippen LogP contribution in [0.25, 0.3) is 11.1 Å². The molecule has 0 radical (unpaired) electrons. The number of rotatable bonds is 9. The Morgan fingerprint density at radius 2 is 1.86 bits per heavy atom. The van der Waals surface area contributed by atoms with E-state index in [4.69, 9.17) is 19.3 Å². The summed E-state index contributed by atoms with van der Waals surface area (Å²) in [6, 6.07) is 9.93. The molecule has 1 aliphatic carbocycles. The van der Waals surface area contributed by atoms with Gasteiger partial charge >= 0.3 is 5.97 Å². The Labute approximate surface area is 245 Å². The number of aliphatic hydroxyl groups is 1. The second-order valence-corrected chi connectivity index (χ2v) is 11.5. The maximum atomic E-state index is 15.1. The fourth-order valence-corrected chi connectivity index (χ4v) is 5.72. The van der Waals surface area contributed by atoms with Crippen molar-refractivity contribution >= 4 is 5.97 Å². The van der Waals surface area contributed by atoms with E-state index in [9.17, 15) is 9.90 Å². The van der Waals surface area contributed by atoms with E-state index in [-0.39, 0.29) is 48.1 Å². The SMILES string of the molecule is CC(C)(O)Cn1cc(-c2c(F)cc(Oc3ccc(F)c4c3CC[C@H]4Oc3ccc4c(c3)OCC4CC(=O)O)cc2F)cn1. The lowest BCUT2D eigenvalue weighted by Crippen LogP contribution is -2.26. The Kier molecular flexibility index (Phi) is 7.29. The molecule has 1 aromatic heterocycles. The van der Waals surface area contributed by atoms with Crippen LogP contribution in [0.5, 0.6) is 23.0 Å². The molecule has 43 heavy (non-hydrogen) atoms. The van der Waals surface area contributed by atoms with Crippen molar-refractivity contribution in [1.29, 1.82) is 0 Å². The first kappa shape index (κ1) is 28.6. The molecule has 0 bridgehead atoms. The number of hydrogen-bond acceptors (Lipinski definition) is 6. The van der Waals surface area contributed by atoms with Crippen LogP contribution < -0.4 is 14.2 Å². The fraction of sp³-hybridized carbons (Fsp3) is 0.312. The zero-order valence-corrected chi connectivity index (χ0v) is 23.4. The molecule has 11 heteroatoms. The maximum Gasteiger partial charge on any atom is 0.304 e. The second-order valence-electron chi connectivity index (χ2n) is 11.5. The van der Waals surface area contributed by atoms with E-state index < -0.39 is 35.1 Å². The van der Waals surface area contributed by atoms with Gasteiger partial charge in [-0.1, -0.05) is 6.07 Å². The number of carboxylic acid groups (broad SMARTS) is 1. The molecule has 0 amide bonds. The van der Waals surface area contributed by atoms with E-state index in [0.29, 0.717) is 35.5 Å². The van der Waals surface area contributed by atoms with Crippen molar-refractivity contribution in [2.24, 2.45) is 0 Å². The number of ether oxygens (including phenoxy) is 3. The smallest absolute Gasteiger partial charge is 0.304 e. The van der Waals surface area contributed by atoms with E-state index in [1.807, 2.05) is 0 Å². The van der Waals surface area contributed by atoms with Crippen molar-refractivity contribution in [1.82, 2.24) is 9.78 Å². The number of aliphatic carboxylic acids is 1. The molecular weight excluding hydrogens is 565 g/mol. The van der Waals surface area contributed by atoms with Gasteiger partial charge in [-0.05, 0) is 44.9 Å². The van der Waals surface area contributed by atoms with E-state index in [1.54, 1.807) is 32.0 Å². The Balaban J connectivity index is 1.21. The molecule has 1 aliphatic heterocycles. The number of halogens is 3. The number of hydrogen-bond donors (Lipinski definition) is 2. The summed E-state index contributed by atoms with van der Waals surface area (Å²) in [4.78, 5) is 11.1. The Morgan fingerprint density at radius 3 is 2.58 bits per heavy atom. The molecule has 4 aromatic rings. The van der Waals surface area contributed by atoms with Crippen molar-refractivity contribution in [3.8, 4) is 34.1 Å². The Hall–Kier alpha value is -4.51. The lowest BCUT2D eigenvalue weighted by atomic mass is 9.98. The minimum Gasteiger partial charge on any atom is -0.492 e. The fourth-order valence-electron chi connectivity index (χ4n) is 5.72. The quantitative estimate of drug-likeness (QED) is 0.227. The molecule has 0 fully saturated rings. The molecule has 2 aliphatic rings. The predicted molar refractivity (Wildman–Crippen MR) is 149 cm³/mol. The van der Waals surface area contributed by atoms with Crippen LogP contribution in [0.15, 0.2) is 54.9 Å². The average Bonchev–Trinajstić information content (AvgIpc) is 3.64. The second kappa shape index (κ2) is 11.0. The molecule has 1 unspecified atom stereocenters. The molecule has 0 spiro atoms. The van der Waals surface area contributed by atoms with Gasteiger partial charge in [0.25, 0.3) is 0 Å². The predicted octanol–water partition coefficient (Wildman–Crippen LogP) is 6.55. The highest BCUT2D eigenvalue weighted by molar-refractivity contribution is 5.69. The summed E-state index contributed by atoms with van der Waals surface area (Å²) in [6.45, 7) is 3.61. The van der Waals surface area contributed by atoms with Crippen LogP contribution in [0.3, 0.4) is 0 Å². The highest BCUT2D eigenvalue weighted by Gasteiger charge is 2.32. The summed E-state index contributed by atoms with van der Waals surface area (Å²) in [6.07, 6.45) is 2.96. The summed E-state index contributed by atoms with van der Waals surface area (Å²) in [5.74, 6) is -2.20. The van der Waals surface area contributed by atoms with Gasteiger partial charge in [-0.3, -0.25) is 9.48 Å². The molecule has 2 atom stereocenters. The van der Waals surface area contributed by atoms with Crippen LogP contribution in [0.1, 0.15) is 55.4 Å². The first-order valence-corrected chi connectivity index (χ1v) is 13.8. The number of nitrogens with zero attached hydrogens (tertiary/aromatic N) is 2. The number of aromatic nitrogens is 2. The topological polar surface area (TPSA) is 103 Å². The molecule has 224 valence electrons. The molecular formula is C32H29F3N2O6. The van der Waals surface area contributed by atoms with Gasteiger partial charge in [-0.25, -0.2) is 13.2 Å². The molecule has 2 heterocycles. The largest absolute Gasteiger partial charge is 0.492 e. The van der Waals surface area contributed by atoms with Crippen molar-refractivity contribution in [3.05, 3.63) is 89.0 Å². The molecule has 6 rings (SSSR count). The zero-order chi connectivity index (χ0) is 30.5. The zero-order valence-electron chi connectivity index (χ0n) is 23.4. The highest BCUT2D eigenvalue weighted by atomic mass is 19.1. The summed E-state index contributed by atoms with van der Waals surface area (Å²) in [5, 5.41) is 23.2. The molecule has 8 nitrogen and oxygen atoms in total. The number of fused-ring (bicyclic) bond motifs is 2. The van der Waals surface area contributed by atoms with Crippen LogP contribution >= 0.6 is 0 Å². The lowest BCUT2D eigenvalue weighted by Gasteiger charge is -2.17. The van der Waals surface area contributed by atoms with Gasteiger partial charge in [-0.2, -0.15) is 5.10 Å². The highest BCUT2D eigenvalue weighted by Crippen LogP contribution is 2.45. The van der Waals surface area contributed by atoms with Gasteiger partial charge in [0.2, 0.25) is 0 Å². The monoisotopic (exact) mass is 594 g/mol. The molecule has 2 N–H and O–H groups in total. The van der Waals surface area contributed by atoms with Gasteiger partial charge in [-0.15, -0.1) is 0 Å². The summed E-state index contributed by atoms with van der Waals surface area (Å²) < 4.78 is 64.4. The number of benzene rings is 3. The van der Waals surface area contributed by atoms with Crippen LogP contribution in [0.4, 0.5) is 13.2 Å². The van der Waals surface area contributed by atoms with E-state index in [0.717, 1.165) is 17.7 Å². The van der Waals surface area contributed by atoms with Crippen molar-refractivity contribution in [2.45, 2.75) is 57.3 Å². The summed E-state index contributed by atoms with van der Waals surface area (Å²) in [5.41, 5.74) is 0.514. The summed E-state index contributed by atoms with van der Waals surface area (Å²) >= 11 is 0. The van der Waals surface area contributed by atoms with Crippen molar-refractivity contribution in [2.75, 3.05) is 6.61 Å². The molecule has 3 aromatic carbocycles. The normalized spacial score (nSPS) is 17.3. The van der Waals surface area contributed by atoms with Crippen LogP contribution in [-0.2, 0) is 17.8 Å². The van der Waals surface area contributed by atoms with Gasteiger partial charge < -0.3 is 24.4 Å². The van der Waals surface area contributed by atoms with Gasteiger partial charge in [0, 0.05) is 52.6 Å². The minimum atomic E-state index is -1.06. The van der Waals surface area contributed by atoms with Gasteiger partial charge in [0.05, 0.1) is 36.9 Å². The Bertz CT molecular complexity index is 1690. The first-order valence-electron chi connectivity index (χ1n) is 13.8. The third-order valence-corrected chi connectivity index (χ3v) is 7.52. The van der Waals surface area contributed by atoms with Crippen LogP contribution in [0.2, 0.25) is 0 Å². The average molecular weight is 595 g/mol. The maximum absolute atomic E-state index is 15.1. The molecule has 0 saturated heterocycles. The van der Waals surface area contributed by atoms with E-state index >= 15 is 13.2 Å². The number of carboxylic acids is 1. The van der Waals surface area contributed by atoms with Crippen molar-refractivity contribution < 1.29 is 42.4 Å².